The Bertz CT molecular complexity index is 439. The molecule has 5 heteroatoms. The lowest BCUT2D eigenvalue weighted by Gasteiger charge is -2.18. The minimum atomic E-state index is -0.137. The Morgan fingerprint density at radius 3 is 2.25 bits per heavy atom. The zero-order chi connectivity index (χ0) is 15.0. The Labute approximate surface area is 119 Å². The van der Waals surface area contributed by atoms with Crippen molar-refractivity contribution in [3.8, 4) is 0 Å². The second-order valence-electron chi connectivity index (χ2n) is 4.43. The molecule has 0 heterocycles. The Kier molecular flexibility index (Phi) is 6.73. The summed E-state index contributed by atoms with van der Waals surface area (Å²) in [6.45, 7) is 5.24. The fraction of sp³-hybridized carbons (Fsp3) is 0.467. The zero-order valence-electron chi connectivity index (χ0n) is 12.1. The molecule has 0 atom stereocenters. The molecule has 1 rings (SSSR count). The number of hydrogen-bond acceptors (Lipinski definition) is 3. The van der Waals surface area contributed by atoms with Crippen LogP contribution in [-0.2, 0) is 4.79 Å². The van der Waals surface area contributed by atoms with Crippen molar-refractivity contribution in [3.05, 3.63) is 29.8 Å². The molecule has 0 radical (unpaired) electrons. The summed E-state index contributed by atoms with van der Waals surface area (Å²) >= 11 is 0. The maximum atomic E-state index is 12.1. The van der Waals surface area contributed by atoms with Crippen LogP contribution in [0.15, 0.2) is 24.3 Å². The van der Waals surface area contributed by atoms with Crippen LogP contribution < -0.4 is 5.32 Å². The summed E-state index contributed by atoms with van der Waals surface area (Å²) in [5.74, 6) is -0.143. The van der Waals surface area contributed by atoms with E-state index in [4.69, 9.17) is 5.11 Å². The van der Waals surface area contributed by atoms with Crippen LogP contribution in [0, 0.1) is 0 Å². The highest BCUT2D eigenvalue weighted by molar-refractivity contribution is 5.95. The van der Waals surface area contributed by atoms with Crippen LogP contribution in [0.2, 0.25) is 0 Å². The van der Waals surface area contributed by atoms with Crippen molar-refractivity contribution in [3.63, 3.8) is 0 Å². The molecular formula is C15H22N2O3. The average molecular weight is 278 g/mol. The number of amides is 2. The van der Waals surface area contributed by atoms with Crippen molar-refractivity contribution >= 4 is 17.5 Å². The topological polar surface area (TPSA) is 69.6 Å². The van der Waals surface area contributed by atoms with E-state index in [0.717, 1.165) is 0 Å². The minimum absolute atomic E-state index is 0.00469. The number of anilines is 1. The number of carbonyl (C=O) groups is 2. The Balaban J connectivity index is 2.64. The molecule has 1 aromatic rings. The quantitative estimate of drug-likeness (QED) is 0.800. The van der Waals surface area contributed by atoms with Gasteiger partial charge in [0.1, 0.15) is 0 Å². The second-order valence-corrected chi connectivity index (χ2v) is 4.43. The Morgan fingerprint density at radius 1 is 1.15 bits per heavy atom. The molecule has 0 aromatic heterocycles. The fourth-order valence-electron chi connectivity index (χ4n) is 1.85. The summed E-state index contributed by atoms with van der Waals surface area (Å²) in [5, 5.41) is 11.4. The van der Waals surface area contributed by atoms with Crippen LogP contribution in [0.25, 0.3) is 0 Å². The van der Waals surface area contributed by atoms with Gasteiger partial charge in [-0.2, -0.15) is 0 Å². The number of aliphatic hydroxyl groups is 1. The lowest BCUT2D eigenvalue weighted by molar-refractivity contribution is -0.116. The predicted molar refractivity (Wildman–Crippen MR) is 78.6 cm³/mol. The van der Waals surface area contributed by atoms with Crippen molar-refractivity contribution in [2.75, 3.05) is 25.0 Å². The van der Waals surface area contributed by atoms with Crippen LogP contribution >= 0.6 is 0 Å². The third kappa shape index (κ3) is 4.66. The molecule has 1 aromatic carbocycles. The summed E-state index contributed by atoms with van der Waals surface area (Å²) in [6, 6.07) is 6.85. The number of benzene rings is 1. The second kappa shape index (κ2) is 8.32. The molecule has 0 spiro atoms. The van der Waals surface area contributed by atoms with Crippen molar-refractivity contribution in [2.24, 2.45) is 0 Å². The van der Waals surface area contributed by atoms with Gasteiger partial charge in [-0.05, 0) is 44.5 Å². The third-order valence-corrected chi connectivity index (χ3v) is 3.03. The largest absolute Gasteiger partial charge is 0.396 e. The van der Waals surface area contributed by atoms with E-state index < -0.39 is 0 Å². The van der Waals surface area contributed by atoms with Gasteiger partial charge >= 0.3 is 0 Å². The Morgan fingerprint density at radius 2 is 1.75 bits per heavy atom. The molecule has 0 aliphatic heterocycles. The maximum absolute atomic E-state index is 12.1. The van der Waals surface area contributed by atoms with Crippen LogP contribution in [0.4, 0.5) is 5.69 Å². The summed E-state index contributed by atoms with van der Waals surface area (Å²) in [7, 11) is 0. The molecule has 2 N–H and O–H groups in total. The number of nitrogens with zero attached hydrogens (tertiary/aromatic N) is 1. The fourth-order valence-corrected chi connectivity index (χ4v) is 1.85. The Hall–Kier alpha value is -1.88. The van der Waals surface area contributed by atoms with Gasteiger partial charge in [0.2, 0.25) is 5.91 Å². The molecule has 0 bridgehead atoms. The van der Waals surface area contributed by atoms with E-state index in [1.807, 2.05) is 13.8 Å². The van der Waals surface area contributed by atoms with E-state index in [9.17, 15) is 9.59 Å². The molecule has 5 nitrogen and oxygen atoms in total. The molecule has 2 amide bonds. The molecule has 0 saturated heterocycles. The van der Waals surface area contributed by atoms with Crippen molar-refractivity contribution < 1.29 is 14.7 Å². The first kappa shape index (κ1) is 16.2. The van der Waals surface area contributed by atoms with E-state index >= 15 is 0 Å². The molecule has 0 aliphatic carbocycles. The summed E-state index contributed by atoms with van der Waals surface area (Å²) in [6.07, 6.45) is 0.737. The van der Waals surface area contributed by atoms with Gasteiger partial charge < -0.3 is 15.3 Å². The molecule has 0 saturated carbocycles. The van der Waals surface area contributed by atoms with E-state index in [2.05, 4.69) is 5.32 Å². The van der Waals surface area contributed by atoms with Gasteiger partial charge in [0.25, 0.3) is 5.91 Å². The molecule has 0 aliphatic rings. The number of aliphatic hydroxyl groups excluding tert-OH is 1. The summed E-state index contributed by atoms with van der Waals surface area (Å²) in [4.78, 5) is 25.3. The molecule has 0 fully saturated rings. The van der Waals surface area contributed by atoms with Gasteiger partial charge in [0.05, 0.1) is 0 Å². The van der Waals surface area contributed by atoms with Crippen LogP contribution in [-0.4, -0.2) is 41.5 Å². The van der Waals surface area contributed by atoms with Gasteiger partial charge in [-0.3, -0.25) is 9.59 Å². The first-order chi connectivity index (χ1) is 9.62. The lowest BCUT2D eigenvalue weighted by atomic mass is 10.1. The van der Waals surface area contributed by atoms with E-state index in [1.165, 1.54) is 0 Å². The number of carbonyl (C=O) groups excluding carboxylic acids is 2. The lowest BCUT2D eigenvalue weighted by Crippen LogP contribution is -2.30. The number of nitrogens with one attached hydrogen (secondary N) is 1. The van der Waals surface area contributed by atoms with Crippen molar-refractivity contribution in [1.29, 1.82) is 0 Å². The van der Waals surface area contributed by atoms with Crippen LogP contribution in [0.5, 0.6) is 0 Å². The molecular weight excluding hydrogens is 256 g/mol. The number of hydrogen-bond donors (Lipinski definition) is 2. The highest BCUT2D eigenvalue weighted by atomic mass is 16.3. The van der Waals surface area contributed by atoms with Gasteiger partial charge in [0, 0.05) is 37.4 Å². The molecule has 110 valence electrons. The highest BCUT2D eigenvalue weighted by Crippen LogP contribution is 2.12. The van der Waals surface area contributed by atoms with Crippen molar-refractivity contribution in [1.82, 2.24) is 4.90 Å². The van der Waals surface area contributed by atoms with Gasteiger partial charge in [0.15, 0.2) is 0 Å². The summed E-state index contributed by atoms with van der Waals surface area (Å²) < 4.78 is 0. The van der Waals surface area contributed by atoms with Crippen molar-refractivity contribution in [2.45, 2.75) is 26.7 Å². The normalized spacial score (nSPS) is 10.2. The SMILES string of the molecule is CCN(CC)C(=O)c1ccc(NC(=O)CCCO)cc1. The van der Waals surface area contributed by atoms with Gasteiger partial charge in [-0.15, -0.1) is 0 Å². The highest BCUT2D eigenvalue weighted by Gasteiger charge is 2.12. The van der Waals surface area contributed by atoms with Crippen LogP contribution in [0.3, 0.4) is 0 Å². The molecule has 0 unspecified atom stereocenters. The van der Waals surface area contributed by atoms with E-state index in [0.29, 0.717) is 30.8 Å². The predicted octanol–water partition coefficient (Wildman–Crippen LogP) is 1.88. The monoisotopic (exact) mass is 278 g/mol. The minimum Gasteiger partial charge on any atom is -0.396 e. The summed E-state index contributed by atoms with van der Waals surface area (Å²) in [5.41, 5.74) is 1.27. The van der Waals surface area contributed by atoms with Gasteiger partial charge in [-0.1, -0.05) is 0 Å². The third-order valence-electron chi connectivity index (χ3n) is 3.03. The van der Waals surface area contributed by atoms with Gasteiger partial charge in [-0.25, -0.2) is 0 Å². The van der Waals surface area contributed by atoms with E-state index in [1.54, 1.807) is 29.2 Å². The van der Waals surface area contributed by atoms with Crippen LogP contribution in [0.1, 0.15) is 37.0 Å². The standard InChI is InChI=1S/C15H22N2O3/c1-3-17(4-2)15(20)12-7-9-13(10-8-12)16-14(19)6-5-11-18/h7-10,18H,3-6,11H2,1-2H3,(H,16,19). The molecule has 20 heavy (non-hydrogen) atoms. The zero-order valence-corrected chi connectivity index (χ0v) is 12.1. The first-order valence-electron chi connectivity index (χ1n) is 6.92. The van der Waals surface area contributed by atoms with E-state index in [-0.39, 0.29) is 24.8 Å². The number of rotatable bonds is 7. The first-order valence-corrected chi connectivity index (χ1v) is 6.92. The maximum Gasteiger partial charge on any atom is 0.253 e. The average Bonchev–Trinajstić information content (AvgIpc) is 2.47. The smallest absolute Gasteiger partial charge is 0.253 e.